The van der Waals surface area contributed by atoms with Crippen LogP contribution in [0, 0.1) is 14.4 Å². The van der Waals surface area contributed by atoms with Crippen molar-refractivity contribution >= 4 is 43.6 Å². The Hall–Kier alpha value is -0.0800. The largest absolute Gasteiger partial charge is 0.341 e. The second-order valence-electron chi connectivity index (χ2n) is 9.07. The number of benzene rings is 1. The molecule has 0 aromatic heterocycles. The predicted octanol–water partition coefficient (Wildman–Crippen LogP) is 4.94. The molecular weight excluding hydrogens is 529 g/mol. The first-order chi connectivity index (χ1) is 12.8. The van der Waals surface area contributed by atoms with Gasteiger partial charge in [-0.25, -0.2) is 0 Å². The highest BCUT2D eigenvalue weighted by atomic mass is 127. The molecule has 4 N–H and O–H groups in total. The Kier molecular flexibility index (Phi) is 11.0. The highest BCUT2D eigenvalue weighted by Gasteiger charge is 2.50. The average Bonchev–Trinajstić information content (AvgIpc) is 2.43. The van der Waals surface area contributed by atoms with Gasteiger partial charge in [0.15, 0.2) is 5.40 Å². The highest BCUT2D eigenvalue weighted by Crippen LogP contribution is 2.65. The second-order valence-corrected chi connectivity index (χ2v) is 14.1. The lowest BCUT2D eigenvalue weighted by Crippen LogP contribution is -2.26. The Balaban J connectivity index is 0.000000555. The number of hydrogen-bond donors (Lipinski definition) is 4. The van der Waals surface area contributed by atoms with Gasteiger partial charge in [-0.2, -0.15) is 0 Å². The maximum Gasteiger partial charge on any atom is 0.341 e. The summed E-state index contributed by atoms with van der Waals surface area (Å²) in [6.07, 6.45) is 2.64. The molecule has 0 spiro atoms. The summed E-state index contributed by atoms with van der Waals surface area (Å²) in [4.78, 5) is 46.8. The standard InChI is InChI=1S/C14H19IO.C5H14O6P2/c1-14(2,3)13(16)6-4-5-11-7-9-12(15)10-8-11;1-5(2,3)4(12(6,7)8)13(9,10)11/h7-10H,4-6H2,1-3H3;4H,1-3H3,(H2,6,7,8)(H2,9,10,11). The minimum atomic E-state index is -4.78. The third kappa shape index (κ3) is 11.8. The number of carbonyl (C=O) groups is 1. The van der Waals surface area contributed by atoms with Crippen LogP contribution in [0.3, 0.4) is 0 Å². The number of hydrogen-bond acceptors (Lipinski definition) is 3. The minimum absolute atomic E-state index is 0.188. The topological polar surface area (TPSA) is 132 Å². The van der Waals surface area contributed by atoms with Gasteiger partial charge >= 0.3 is 15.2 Å². The molecule has 1 aromatic carbocycles. The SMILES string of the molecule is CC(C)(C)C(=O)CCCc1ccc(I)cc1.CC(C)(C)C(P(=O)(O)O)P(=O)(O)O. The Bertz CT molecular complexity index is 730. The van der Waals surface area contributed by atoms with Gasteiger partial charge in [-0.1, -0.05) is 53.7 Å². The second kappa shape index (κ2) is 11.0. The average molecular weight is 562 g/mol. The van der Waals surface area contributed by atoms with Gasteiger partial charge in [-0.15, -0.1) is 0 Å². The fraction of sp³-hybridized carbons (Fsp3) is 0.632. The number of Topliss-reactive ketones (excluding diaryl/α,β-unsaturated/α-hetero) is 1. The predicted molar refractivity (Wildman–Crippen MR) is 124 cm³/mol. The third-order valence-electron chi connectivity index (χ3n) is 4.03. The summed E-state index contributed by atoms with van der Waals surface area (Å²) in [6.45, 7) is 10.1. The van der Waals surface area contributed by atoms with Gasteiger partial charge in [-0.3, -0.25) is 13.9 Å². The summed E-state index contributed by atoms with van der Waals surface area (Å²) in [7, 11) is -9.56. The molecule has 0 saturated carbocycles. The van der Waals surface area contributed by atoms with Gasteiger partial charge in [0.05, 0.1) is 0 Å². The summed E-state index contributed by atoms with van der Waals surface area (Å²) in [5.74, 6) is 0.359. The third-order valence-corrected chi connectivity index (χ3v) is 9.38. The number of halogens is 1. The summed E-state index contributed by atoms with van der Waals surface area (Å²) < 4.78 is 22.9. The number of rotatable bonds is 6. The minimum Gasteiger partial charge on any atom is -0.324 e. The Morgan fingerprint density at radius 3 is 1.62 bits per heavy atom. The van der Waals surface area contributed by atoms with Crippen molar-refractivity contribution in [3.05, 3.63) is 33.4 Å². The molecule has 0 amide bonds. The molecule has 10 heteroatoms. The van der Waals surface area contributed by atoms with Crippen LogP contribution in [0.1, 0.15) is 59.9 Å². The Morgan fingerprint density at radius 2 is 1.34 bits per heavy atom. The van der Waals surface area contributed by atoms with Crippen molar-refractivity contribution < 1.29 is 33.5 Å². The lowest BCUT2D eigenvalue weighted by atomic mass is 9.87. The van der Waals surface area contributed by atoms with E-state index in [1.54, 1.807) is 0 Å². The molecule has 1 rings (SSSR count). The van der Waals surface area contributed by atoms with Crippen LogP contribution in [0.4, 0.5) is 0 Å². The van der Waals surface area contributed by atoms with E-state index in [2.05, 4.69) is 46.9 Å². The van der Waals surface area contributed by atoms with Gasteiger partial charge in [0, 0.05) is 15.4 Å². The van der Waals surface area contributed by atoms with Crippen LogP contribution in [0.25, 0.3) is 0 Å². The molecule has 0 bridgehead atoms. The van der Waals surface area contributed by atoms with E-state index < -0.39 is 26.0 Å². The maximum absolute atomic E-state index is 11.7. The molecule has 0 unspecified atom stereocenters. The molecule has 1 aromatic rings. The molecule has 0 aliphatic carbocycles. The summed E-state index contributed by atoms with van der Waals surface area (Å²) in [5.41, 5.74) is -0.00783. The molecule has 0 fully saturated rings. The van der Waals surface area contributed by atoms with E-state index in [4.69, 9.17) is 19.6 Å². The van der Waals surface area contributed by atoms with Crippen molar-refractivity contribution in [1.82, 2.24) is 0 Å². The normalized spacial score (nSPS) is 13.1. The lowest BCUT2D eigenvalue weighted by molar-refractivity contribution is -0.126. The zero-order valence-corrected chi connectivity index (χ0v) is 21.7. The van der Waals surface area contributed by atoms with Crippen molar-refractivity contribution in [1.29, 1.82) is 0 Å². The van der Waals surface area contributed by atoms with Gasteiger partial charge in [0.25, 0.3) is 0 Å². The first-order valence-electron chi connectivity index (χ1n) is 9.14. The highest BCUT2D eigenvalue weighted by molar-refractivity contribution is 14.1. The quantitative estimate of drug-likeness (QED) is 0.285. The van der Waals surface area contributed by atoms with E-state index in [-0.39, 0.29) is 5.41 Å². The van der Waals surface area contributed by atoms with Crippen LogP contribution in [0.15, 0.2) is 24.3 Å². The van der Waals surface area contributed by atoms with Crippen molar-refractivity contribution in [2.45, 2.75) is 66.2 Å². The van der Waals surface area contributed by atoms with Crippen LogP contribution in [0.2, 0.25) is 0 Å². The first kappa shape index (κ1) is 28.9. The molecule has 0 saturated heterocycles. The molecule has 0 aliphatic rings. The molecule has 168 valence electrons. The van der Waals surface area contributed by atoms with Gasteiger partial charge in [0.1, 0.15) is 5.78 Å². The molecular formula is C19H33IO7P2. The lowest BCUT2D eigenvalue weighted by Gasteiger charge is -2.31. The number of ketones is 1. The summed E-state index contributed by atoms with van der Waals surface area (Å²) in [5, 5.41) is -1.94. The number of carbonyl (C=O) groups excluding carboxylic acids is 1. The molecule has 0 aliphatic heterocycles. The van der Waals surface area contributed by atoms with E-state index >= 15 is 0 Å². The number of aryl methyl sites for hydroxylation is 1. The molecule has 7 nitrogen and oxygen atoms in total. The molecule has 0 heterocycles. The Morgan fingerprint density at radius 1 is 0.931 bits per heavy atom. The van der Waals surface area contributed by atoms with Crippen molar-refractivity contribution in [2.75, 3.05) is 0 Å². The van der Waals surface area contributed by atoms with Crippen LogP contribution in [-0.2, 0) is 20.3 Å². The van der Waals surface area contributed by atoms with Gasteiger partial charge < -0.3 is 19.6 Å². The van der Waals surface area contributed by atoms with E-state index in [0.29, 0.717) is 12.2 Å². The van der Waals surface area contributed by atoms with Crippen LogP contribution < -0.4 is 0 Å². The summed E-state index contributed by atoms with van der Waals surface area (Å²) in [6, 6.07) is 8.51. The van der Waals surface area contributed by atoms with Crippen molar-refractivity contribution in [3.63, 3.8) is 0 Å². The molecule has 29 heavy (non-hydrogen) atoms. The maximum atomic E-state index is 11.7. The van der Waals surface area contributed by atoms with E-state index in [1.165, 1.54) is 29.9 Å². The van der Waals surface area contributed by atoms with E-state index in [9.17, 15) is 13.9 Å². The van der Waals surface area contributed by atoms with E-state index in [1.807, 2.05) is 20.8 Å². The monoisotopic (exact) mass is 562 g/mol. The van der Waals surface area contributed by atoms with Crippen molar-refractivity contribution in [2.24, 2.45) is 10.8 Å². The van der Waals surface area contributed by atoms with Gasteiger partial charge in [-0.05, 0) is 58.5 Å². The smallest absolute Gasteiger partial charge is 0.324 e. The first-order valence-corrected chi connectivity index (χ1v) is 13.6. The zero-order valence-electron chi connectivity index (χ0n) is 17.8. The Labute approximate surface area is 187 Å². The van der Waals surface area contributed by atoms with Crippen LogP contribution in [-0.4, -0.2) is 30.8 Å². The van der Waals surface area contributed by atoms with Crippen LogP contribution in [0.5, 0.6) is 0 Å². The fourth-order valence-electron chi connectivity index (χ4n) is 2.68. The molecule has 0 radical (unpaired) electrons. The van der Waals surface area contributed by atoms with E-state index in [0.717, 1.165) is 12.8 Å². The fourth-order valence-corrected chi connectivity index (χ4v) is 6.63. The van der Waals surface area contributed by atoms with Gasteiger partial charge in [0.2, 0.25) is 0 Å². The van der Waals surface area contributed by atoms with Crippen molar-refractivity contribution in [3.8, 4) is 0 Å². The summed E-state index contributed by atoms with van der Waals surface area (Å²) >= 11 is 2.30. The zero-order chi connectivity index (χ0) is 23.3. The van der Waals surface area contributed by atoms with Crippen LogP contribution >= 0.6 is 37.8 Å². The molecule has 0 atom stereocenters.